The number of nitrogens with zero attached hydrogens (tertiary/aromatic N) is 2. The van der Waals surface area contributed by atoms with Gasteiger partial charge in [0.1, 0.15) is 0 Å². The number of aromatic nitrogens is 2. The first-order valence-electron chi connectivity index (χ1n) is 20.0. The van der Waals surface area contributed by atoms with E-state index in [-0.39, 0.29) is 0 Å². The van der Waals surface area contributed by atoms with E-state index in [9.17, 15) is 0 Å². The molecule has 270 valence electrons. The maximum atomic E-state index is 2.43. The van der Waals surface area contributed by atoms with Gasteiger partial charge in [0.05, 0.1) is 22.1 Å². The third-order valence-electron chi connectivity index (χ3n) is 12.1. The van der Waals surface area contributed by atoms with Crippen LogP contribution in [0, 0.1) is 0 Å². The number of rotatable bonds is 5. The van der Waals surface area contributed by atoms with Gasteiger partial charge >= 0.3 is 0 Å². The molecule has 0 saturated carbocycles. The highest BCUT2D eigenvalue weighted by Gasteiger charge is 2.16. The zero-order valence-electron chi connectivity index (χ0n) is 31.7. The molecule has 0 aliphatic carbocycles. The highest BCUT2D eigenvalue weighted by molar-refractivity contribution is 6.12. The first-order chi connectivity index (χ1) is 28.7. The van der Waals surface area contributed by atoms with Crippen molar-refractivity contribution in [2.45, 2.75) is 0 Å². The number of hydrogen-bond acceptors (Lipinski definition) is 0. The summed E-state index contributed by atoms with van der Waals surface area (Å²) in [5.74, 6) is 0. The van der Waals surface area contributed by atoms with Crippen molar-refractivity contribution in [1.82, 2.24) is 9.13 Å². The molecule has 0 saturated heterocycles. The van der Waals surface area contributed by atoms with Crippen LogP contribution in [0.25, 0.3) is 110 Å². The van der Waals surface area contributed by atoms with Crippen molar-refractivity contribution in [3.8, 4) is 44.8 Å². The van der Waals surface area contributed by atoms with E-state index >= 15 is 0 Å². The number of hydrogen-bond donors (Lipinski definition) is 0. The Bertz CT molecular complexity index is 3550. The first-order valence-corrected chi connectivity index (χ1v) is 20.0. The van der Waals surface area contributed by atoms with Gasteiger partial charge in [-0.05, 0) is 116 Å². The lowest BCUT2D eigenvalue weighted by Gasteiger charge is -2.12. The molecule has 0 radical (unpaired) electrons. The van der Waals surface area contributed by atoms with Crippen LogP contribution in [0.1, 0.15) is 0 Å². The Kier molecular flexibility index (Phi) is 7.26. The van der Waals surface area contributed by atoms with Crippen LogP contribution >= 0.6 is 0 Å². The Hall–Kier alpha value is -7.68. The van der Waals surface area contributed by atoms with Crippen molar-refractivity contribution in [3.05, 3.63) is 218 Å². The standard InChI is InChI=1S/C56H36N2/c1-2-10-37(11-3-1)42-22-23-44-34-48(29-25-43(44)32-42)58-53-16-8-6-14-49(53)51-30-26-46(36-56(51)58)40-20-18-39(19-21-40)45-27-31-55-52(35-45)50-15-7-9-17-54(50)57(55)47-28-24-38-12-4-5-13-41(38)33-47/h1-36H. The molecule has 0 atom stereocenters. The topological polar surface area (TPSA) is 9.86 Å². The van der Waals surface area contributed by atoms with Gasteiger partial charge in [0.15, 0.2) is 0 Å². The van der Waals surface area contributed by atoms with Gasteiger partial charge in [-0.25, -0.2) is 0 Å². The van der Waals surface area contributed by atoms with Crippen LogP contribution in [0.2, 0.25) is 0 Å². The second-order valence-corrected chi connectivity index (χ2v) is 15.4. The molecule has 2 aromatic heterocycles. The minimum Gasteiger partial charge on any atom is -0.309 e. The summed E-state index contributed by atoms with van der Waals surface area (Å²) < 4.78 is 4.83. The molecule has 0 aliphatic rings. The lowest BCUT2D eigenvalue weighted by atomic mass is 9.98. The molecule has 0 unspecified atom stereocenters. The molecular formula is C56H36N2. The van der Waals surface area contributed by atoms with Crippen LogP contribution in [0.3, 0.4) is 0 Å². The van der Waals surface area contributed by atoms with Gasteiger partial charge in [0.25, 0.3) is 0 Å². The lowest BCUT2D eigenvalue weighted by Crippen LogP contribution is -1.94. The van der Waals surface area contributed by atoms with Gasteiger partial charge in [-0.3, -0.25) is 0 Å². The molecule has 0 spiro atoms. The molecule has 58 heavy (non-hydrogen) atoms. The number of fused-ring (bicyclic) bond motifs is 8. The second-order valence-electron chi connectivity index (χ2n) is 15.4. The van der Waals surface area contributed by atoms with Crippen molar-refractivity contribution in [2.24, 2.45) is 0 Å². The van der Waals surface area contributed by atoms with E-state index in [1.807, 2.05) is 0 Å². The van der Waals surface area contributed by atoms with Crippen LogP contribution in [-0.2, 0) is 0 Å². The molecule has 0 aliphatic heterocycles. The fraction of sp³-hybridized carbons (Fsp3) is 0. The van der Waals surface area contributed by atoms with E-state index < -0.39 is 0 Å². The molecule has 2 heterocycles. The smallest absolute Gasteiger partial charge is 0.0547 e. The maximum Gasteiger partial charge on any atom is 0.0547 e. The zero-order valence-corrected chi connectivity index (χ0v) is 31.7. The van der Waals surface area contributed by atoms with Gasteiger partial charge in [-0.15, -0.1) is 0 Å². The highest BCUT2D eigenvalue weighted by Crippen LogP contribution is 2.38. The van der Waals surface area contributed by atoms with Crippen molar-refractivity contribution >= 4 is 65.2 Å². The van der Waals surface area contributed by atoms with Crippen molar-refractivity contribution in [2.75, 3.05) is 0 Å². The van der Waals surface area contributed by atoms with Crippen molar-refractivity contribution in [3.63, 3.8) is 0 Å². The normalized spacial score (nSPS) is 11.8. The summed E-state index contributed by atoms with van der Waals surface area (Å²) in [6, 6.07) is 80.0. The summed E-state index contributed by atoms with van der Waals surface area (Å²) in [7, 11) is 0. The Morgan fingerprint density at radius 1 is 0.207 bits per heavy atom. The number of para-hydroxylation sites is 2. The van der Waals surface area contributed by atoms with Gasteiger partial charge in [-0.1, -0.05) is 158 Å². The van der Waals surface area contributed by atoms with E-state index in [0.717, 1.165) is 5.69 Å². The monoisotopic (exact) mass is 736 g/mol. The fourth-order valence-corrected chi connectivity index (χ4v) is 9.21. The predicted molar refractivity (Wildman–Crippen MR) is 246 cm³/mol. The Morgan fingerprint density at radius 2 is 0.638 bits per heavy atom. The van der Waals surface area contributed by atoms with Crippen molar-refractivity contribution < 1.29 is 0 Å². The van der Waals surface area contributed by atoms with Crippen LogP contribution < -0.4 is 0 Å². The average Bonchev–Trinajstić information content (AvgIpc) is 3.81. The molecular weight excluding hydrogens is 701 g/mol. The van der Waals surface area contributed by atoms with E-state index in [2.05, 4.69) is 228 Å². The molecule has 2 heteroatoms. The van der Waals surface area contributed by atoms with E-state index in [1.54, 1.807) is 0 Å². The zero-order chi connectivity index (χ0) is 38.2. The summed E-state index contributed by atoms with van der Waals surface area (Å²) in [6.07, 6.45) is 0. The van der Waals surface area contributed by atoms with Gasteiger partial charge < -0.3 is 9.13 Å². The molecule has 0 fully saturated rings. The highest BCUT2D eigenvalue weighted by atomic mass is 15.0. The van der Waals surface area contributed by atoms with Crippen LogP contribution in [0.5, 0.6) is 0 Å². The van der Waals surface area contributed by atoms with E-state index in [4.69, 9.17) is 0 Å². The first kappa shape index (κ1) is 32.6. The summed E-state index contributed by atoms with van der Waals surface area (Å²) in [4.78, 5) is 0. The third-order valence-corrected chi connectivity index (χ3v) is 12.1. The van der Waals surface area contributed by atoms with E-state index in [0.29, 0.717) is 0 Å². The minimum atomic E-state index is 1.16. The van der Waals surface area contributed by atoms with Gasteiger partial charge in [-0.2, -0.15) is 0 Å². The fourth-order valence-electron chi connectivity index (χ4n) is 9.21. The minimum absolute atomic E-state index is 1.16. The summed E-state index contributed by atoms with van der Waals surface area (Å²) in [6.45, 7) is 0. The molecule has 0 amide bonds. The quantitative estimate of drug-likeness (QED) is 0.167. The molecule has 12 rings (SSSR count). The molecule has 0 bridgehead atoms. The number of benzene rings is 10. The van der Waals surface area contributed by atoms with E-state index in [1.165, 1.54) is 104 Å². The predicted octanol–water partition coefficient (Wildman–Crippen LogP) is 15.2. The summed E-state index contributed by atoms with van der Waals surface area (Å²) >= 11 is 0. The third kappa shape index (κ3) is 5.19. The summed E-state index contributed by atoms with van der Waals surface area (Å²) in [5, 5.41) is 10.00. The van der Waals surface area contributed by atoms with Crippen LogP contribution in [0.4, 0.5) is 0 Å². The SMILES string of the molecule is c1ccc(-c2ccc3cc(-n4c5ccccc5c5ccc(-c6ccc(-c7ccc8c(c7)c7ccccc7n8-c7ccc8ccccc8c7)cc6)cc54)ccc3c2)cc1. The largest absolute Gasteiger partial charge is 0.309 e. The Labute approximate surface area is 336 Å². The van der Waals surface area contributed by atoms with Crippen LogP contribution in [0.15, 0.2) is 218 Å². The van der Waals surface area contributed by atoms with Gasteiger partial charge in [0, 0.05) is 32.9 Å². The Balaban J connectivity index is 0.922. The lowest BCUT2D eigenvalue weighted by molar-refractivity contribution is 1.19. The molecule has 10 aromatic carbocycles. The Morgan fingerprint density at radius 3 is 1.38 bits per heavy atom. The van der Waals surface area contributed by atoms with Crippen molar-refractivity contribution in [1.29, 1.82) is 0 Å². The maximum absolute atomic E-state index is 2.43. The molecule has 2 nitrogen and oxygen atoms in total. The van der Waals surface area contributed by atoms with Gasteiger partial charge in [0.2, 0.25) is 0 Å². The molecule has 0 N–H and O–H groups in total. The molecule has 12 aromatic rings. The second kappa shape index (κ2) is 12.9. The summed E-state index contributed by atoms with van der Waals surface area (Å²) in [5.41, 5.74) is 14.5. The van der Waals surface area contributed by atoms with Crippen LogP contribution in [-0.4, -0.2) is 9.13 Å². The average molecular weight is 737 g/mol.